The van der Waals surface area contributed by atoms with Gasteiger partial charge in [0.1, 0.15) is 17.8 Å². The predicted molar refractivity (Wildman–Crippen MR) is 109 cm³/mol. The van der Waals surface area contributed by atoms with Crippen LogP contribution in [0.2, 0.25) is 0 Å². The molecule has 0 aliphatic heterocycles. The Hall–Kier alpha value is -3.93. The Morgan fingerprint density at radius 2 is 1.85 bits per heavy atom. The van der Waals surface area contributed by atoms with Crippen LogP contribution in [0, 0.1) is 0 Å². The Labute approximate surface area is 155 Å². The molecule has 3 N–H and O–H groups in total. The van der Waals surface area contributed by atoms with Gasteiger partial charge in [0.05, 0.1) is 17.1 Å². The van der Waals surface area contributed by atoms with E-state index < -0.39 is 0 Å². The lowest BCUT2D eigenvalue weighted by Crippen LogP contribution is -1.94. The summed E-state index contributed by atoms with van der Waals surface area (Å²) in [4.78, 5) is 12.1. The van der Waals surface area contributed by atoms with Crippen molar-refractivity contribution in [3.05, 3.63) is 78.4 Å². The van der Waals surface area contributed by atoms with Gasteiger partial charge in [0.15, 0.2) is 0 Å². The fourth-order valence-electron chi connectivity index (χ4n) is 3.06. The second-order valence-electron chi connectivity index (χ2n) is 6.25. The second kappa shape index (κ2) is 6.42. The van der Waals surface area contributed by atoms with Gasteiger partial charge in [-0.1, -0.05) is 36.4 Å². The molecule has 0 aliphatic rings. The van der Waals surface area contributed by atoms with Crippen LogP contribution in [-0.2, 0) is 0 Å². The van der Waals surface area contributed by atoms with Crippen LogP contribution in [-0.4, -0.2) is 25.1 Å². The zero-order chi connectivity index (χ0) is 18.1. The van der Waals surface area contributed by atoms with Gasteiger partial charge in [0.2, 0.25) is 0 Å². The summed E-state index contributed by atoms with van der Waals surface area (Å²) in [6.07, 6.45) is 7.47. The summed E-state index contributed by atoms with van der Waals surface area (Å²) in [7, 11) is 0. The molecule has 0 radical (unpaired) electrons. The number of fused-ring (bicyclic) bond motifs is 2. The third kappa shape index (κ3) is 3.04. The zero-order valence-electron chi connectivity index (χ0n) is 14.3. The molecule has 6 heteroatoms. The van der Waals surface area contributed by atoms with Crippen LogP contribution in [0.1, 0.15) is 11.3 Å². The minimum atomic E-state index is 0.762. The first-order valence-corrected chi connectivity index (χ1v) is 8.62. The first kappa shape index (κ1) is 15.3. The summed E-state index contributed by atoms with van der Waals surface area (Å²) < 4.78 is 0. The van der Waals surface area contributed by atoms with Gasteiger partial charge in [-0.2, -0.15) is 5.10 Å². The monoisotopic (exact) mass is 352 g/mol. The number of nitrogens with one attached hydrogen (secondary N) is 3. The predicted octanol–water partition coefficient (Wildman–Crippen LogP) is 4.75. The van der Waals surface area contributed by atoms with Gasteiger partial charge in [0, 0.05) is 16.8 Å². The van der Waals surface area contributed by atoms with Crippen LogP contribution in [0.3, 0.4) is 0 Å². The van der Waals surface area contributed by atoms with Crippen molar-refractivity contribution in [2.24, 2.45) is 0 Å². The van der Waals surface area contributed by atoms with Gasteiger partial charge in [-0.3, -0.25) is 5.10 Å². The number of hydrogen-bond donors (Lipinski definition) is 3. The molecule has 2 aromatic carbocycles. The quantitative estimate of drug-likeness (QED) is 0.436. The summed E-state index contributed by atoms with van der Waals surface area (Å²) in [6, 6.07) is 18.3. The third-order valence-corrected chi connectivity index (χ3v) is 4.40. The smallest absolute Gasteiger partial charge is 0.143 e. The van der Waals surface area contributed by atoms with E-state index in [1.165, 1.54) is 0 Å². The fourth-order valence-corrected chi connectivity index (χ4v) is 3.06. The average Bonchev–Trinajstić information content (AvgIpc) is 3.34. The lowest BCUT2D eigenvalue weighted by Gasteiger charge is -2.06. The van der Waals surface area contributed by atoms with Gasteiger partial charge in [0.25, 0.3) is 0 Å². The first-order chi connectivity index (χ1) is 13.3. The van der Waals surface area contributed by atoms with Crippen LogP contribution >= 0.6 is 0 Å². The van der Waals surface area contributed by atoms with E-state index in [2.05, 4.69) is 48.7 Å². The lowest BCUT2D eigenvalue weighted by atomic mass is 10.2. The molecule has 0 fully saturated rings. The topological polar surface area (TPSA) is 82.3 Å². The van der Waals surface area contributed by atoms with E-state index in [4.69, 9.17) is 0 Å². The van der Waals surface area contributed by atoms with Crippen molar-refractivity contribution in [3.63, 3.8) is 0 Å². The van der Waals surface area contributed by atoms with Crippen molar-refractivity contribution < 1.29 is 0 Å². The van der Waals surface area contributed by atoms with Crippen LogP contribution in [0.25, 0.3) is 34.1 Å². The Bertz CT molecular complexity index is 1250. The van der Waals surface area contributed by atoms with Crippen LogP contribution in [0.15, 0.2) is 67.1 Å². The van der Waals surface area contributed by atoms with E-state index in [-0.39, 0.29) is 0 Å². The van der Waals surface area contributed by atoms with Crippen molar-refractivity contribution in [3.8, 4) is 0 Å². The Balaban J connectivity index is 1.47. The maximum absolute atomic E-state index is 4.41. The van der Waals surface area contributed by atoms with Crippen LogP contribution < -0.4 is 5.32 Å². The number of aromatic nitrogens is 5. The molecule has 6 nitrogen and oxygen atoms in total. The molecule has 130 valence electrons. The van der Waals surface area contributed by atoms with E-state index in [1.807, 2.05) is 48.5 Å². The summed E-state index contributed by atoms with van der Waals surface area (Å²) in [5.74, 6) is 0.762. The summed E-state index contributed by atoms with van der Waals surface area (Å²) in [6.45, 7) is 0. The fraction of sp³-hybridized carbons (Fsp3) is 0. The number of hydrogen-bond acceptors (Lipinski definition) is 4. The number of H-pyrrole nitrogens is 2. The Morgan fingerprint density at radius 1 is 0.926 bits per heavy atom. The van der Waals surface area contributed by atoms with Crippen molar-refractivity contribution in [1.82, 2.24) is 25.1 Å². The third-order valence-electron chi connectivity index (χ3n) is 4.40. The van der Waals surface area contributed by atoms with Gasteiger partial charge in [-0.05, 0) is 35.9 Å². The van der Waals surface area contributed by atoms with Crippen LogP contribution in [0.4, 0.5) is 11.5 Å². The SMILES string of the molecule is C(=C\c1cc2c(Nc3ccc4[nH]ncc4c3)ncnc2[nH]1)/c1ccccc1. The van der Waals surface area contributed by atoms with Gasteiger partial charge >= 0.3 is 0 Å². The van der Waals surface area contributed by atoms with Gasteiger partial charge < -0.3 is 10.3 Å². The first-order valence-electron chi connectivity index (χ1n) is 8.62. The number of anilines is 2. The standard InChI is InChI=1S/C21H16N6/c1-2-4-14(5-3-1)6-7-17-11-18-20(22-13-23-21(18)26-17)25-16-8-9-19-15(10-16)12-24-27-19/h1-13H,(H,24,27)(H2,22,23,25,26)/b7-6+. The molecule has 0 aliphatic carbocycles. The molecule has 5 aromatic rings. The largest absolute Gasteiger partial charge is 0.340 e. The highest BCUT2D eigenvalue weighted by molar-refractivity contribution is 5.92. The highest BCUT2D eigenvalue weighted by Crippen LogP contribution is 2.26. The molecule has 0 saturated heterocycles. The lowest BCUT2D eigenvalue weighted by molar-refractivity contribution is 1.12. The molecule has 0 amide bonds. The summed E-state index contributed by atoms with van der Waals surface area (Å²) >= 11 is 0. The molecular formula is C21H16N6. The van der Waals surface area contributed by atoms with E-state index in [0.717, 1.165) is 44.7 Å². The maximum Gasteiger partial charge on any atom is 0.143 e. The molecule has 0 bridgehead atoms. The average molecular weight is 352 g/mol. The minimum Gasteiger partial charge on any atom is -0.340 e. The number of aromatic amines is 2. The molecule has 3 aromatic heterocycles. The van der Waals surface area contributed by atoms with Crippen molar-refractivity contribution in [1.29, 1.82) is 0 Å². The molecule has 27 heavy (non-hydrogen) atoms. The summed E-state index contributed by atoms with van der Waals surface area (Å²) in [5, 5.41) is 12.4. The Morgan fingerprint density at radius 3 is 2.78 bits per heavy atom. The van der Waals surface area contributed by atoms with Crippen molar-refractivity contribution in [2.75, 3.05) is 5.32 Å². The van der Waals surface area contributed by atoms with Crippen molar-refractivity contribution >= 4 is 45.6 Å². The molecule has 0 saturated carbocycles. The van der Waals surface area contributed by atoms with Gasteiger partial charge in [-0.15, -0.1) is 0 Å². The summed E-state index contributed by atoms with van der Waals surface area (Å²) in [5.41, 5.74) is 4.87. The molecule has 5 rings (SSSR count). The minimum absolute atomic E-state index is 0.762. The molecule has 0 spiro atoms. The highest BCUT2D eigenvalue weighted by atomic mass is 15.1. The highest BCUT2D eigenvalue weighted by Gasteiger charge is 2.08. The molecular weight excluding hydrogens is 336 g/mol. The Kier molecular flexibility index (Phi) is 3.65. The van der Waals surface area contributed by atoms with Gasteiger partial charge in [-0.25, -0.2) is 9.97 Å². The number of rotatable bonds is 4. The molecule has 3 heterocycles. The molecule has 0 unspecified atom stereocenters. The zero-order valence-corrected chi connectivity index (χ0v) is 14.3. The maximum atomic E-state index is 4.41. The van der Waals surface area contributed by atoms with E-state index in [0.29, 0.717) is 0 Å². The van der Waals surface area contributed by atoms with E-state index >= 15 is 0 Å². The second-order valence-corrected chi connectivity index (χ2v) is 6.25. The van der Waals surface area contributed by atoms with Crippen LogP contribution in [0.5, 0.6) is 0 Å². The van der Waals surface area contributed by atoms with E-state index in [9.17, 15) is 0 Å². The number of nitrogens with zero attached hydrogens (tertiary/aromatic N) is 3. The molecule has 0 atom stereocenters. The van der Waals surface area contributed by atoms with E-state index in [1.54, 1.807) is 12.5 Å². The van der Waals surface area contributed by atoms with Crippen molar-refractivity contribution in [2.45, 2.75) is 0 Å². The normalized spacial score (nSPS) is 11.6. The number of benzene rings is 2.